The fraction of sp³-hybridized carbons (Fsp3) is 0.914. The third-order valence-electron chi connectivity index (χ3n) is 13.1. The normalized spacial score (nSPS) is 12.4. The topological polar surface area (TPSA) is 38.3 Å². The van der Waals surface area contributed by atoms with Gasteiger partial charge in [-0.25, -0.2) is 0 Å². The largest absolute Gasteiger partial charge is 0.464 e. The number of hydrogen-bond donors (Lipinski definition) is 1. The van der Waals surface area contributed by atoms with Crippen molar-refractivity contribution in [3.05, 3.63) is 24.3 Å². The van der Waals surface area contributed by atoms with Crippen molar-refractivity contribution in [1.29, 1.82) is 0 Å². The molecule has 0 aliphatic heterocycles. The number of esters is 1. The highest BCUT2D eigenvalue weighted by molar-refractivity contribution is 5.69. The van der Waals surface area contributed by atoms with Crippen LogP contribution in [0.5, 0.6) is 0 Å². The standard InChI is InChI=1S/C58H113NO2/c1-4-7-10-12-14-16-18-20-22-24-26-28-30-32-34-36-38-40-42-44-46-48-50-52-55-59-57(53-9-6-3)56-61-58(60)54-51-49-47-45-43-41-39-37-35-33-31-29-27-25-23-21-19-17-15-13-11-8-5-2/h34-37,57,59H,4-33,38-56H2,1-3H3/b36-34-,37-35-. The van der Waals surface area contributed by atoms with E-state index in [1.54, 1.807) is 0 Å². The number of hydrogen-bond acceptors (Lipinski definition) is 3. The van der Waals surface area contributed by atoms with Crippen molar-refractivity contribution in [2.45, 2.75) is 329 Å². The van der Waals surface area contributed by atoms with E-state index in [2.05, 4.69) is 50.4 Å². The fourth-order valence-electron chi connectivity index (χ4n) is 8.81. The Labute approximate surface area is 385 Å². The number of nitrogens with one attached hydrogen (secondary N) is 1. The predicted octanol–water partition coefficient (Wildman–Crippen LogP) is 20.0. The SMILES string of the molecule is CCCCCCCCCCCCCCC/C=C\CCCCCCCCCNC(CCCC)COC(=O)CCCCCCCC/C=C\CCCCCCCCCCCCCCC. The highest BCUT2D eigenvalue weighted by Crippen LogP contribution is 2.16. The average molecular weight is 857 g/mol. The minimum Gasteiger partial charge on any atom is -0.464 e. The minimum atomic E-state index is 0.00207. The van der Waals surface area contributed by atoms with Crippen LogP contribution < -0.4 is 5.32 Å². The first-order chi connectivity index (χ1) is 30.2. The van der Waals surface area contributed by atoms with E-state index in [1.165, 1.54) is 276 Å². The lowest BCUT2D eigenvalue weighted by Crippen LogP contribution is -2.35. The minimum absolute atomic E-state index is 0.00207. The van der Waals surface area contributed by atoms with Crippen molar-refractivity contribution in [3.8, 4) is 0 Å². The lowest BCUT2D eigenvalue weighted by Gasteiger charge is -2.18. The third-order valence-corrected chi connectivity index (χ3v) is 13.1. The molecule has 0 spiro atoms. The Hall–Kier alpha value is -1.09. The monoisotopic (exact) mass is 856 g/mol. The summed E-state index contributed by atoms with van der Waals surface area (Å²) in [6.07, 6.45) is 72.8. The van der Waals surface area contributed by atoms with E-state index in [1.807, 2.05) is 0 Å². The Bertz CT molecular complexity index is 866. The number of rotatable bonds is 53. The molecular weight excluding hydrogens is 743 g/mol. The molecule has 0 fully saturated rings. The number of carbonyl (C=O) groups excluding carboxylic acids is 1. The molecule has 0 heterocycles. The van der Waals surface area contributed by atoms with E-state index in [4.69, 9.17) is 4.74 Å². The van der Waals surface area contributed by atoms with Crippen molar-refractivity contribution in [2.75, 3.05) is 13.2 Å². The van der Waals surface area contributed by atoms with E-state index in [0.717, 1.165) is 25.8 Å². The zero-order valence-electron chi connectivity index (χ0n) is 42.4. The van der Waals surface area contributed by atoms with Gasteiger partial charge in [0.1, 0.15) is 6.61 Å². The van der Waals surface area contributed by atoms with Gasteiger partial charge in [0, 0.05) is 12.5 Å². The molecule has 1 atom stereocenters. The first-order valence-corrected chi connectivity index (χ1v) is 28.4. The Morgan fingerprint density at radius 1 is 0.361 bits per heavy atom. The summed E-state index contributed by atoms with van der Waals surface area (Å²) in [5.74, 6) is 0.00207. The molecule has 0 saturated heterocycles. The maximum absolute atomic E-state index is 12.5. The zero-order chi connectivity index (χ0) is 44.0. The molecule has 3 nitrogen and oxygen atoms in total. The molecular formula is C58H113NO2. The molecule has 0 amide bonds. The van der Waals surface area contributed by atoms with Gasteiger partial charge in [-0.2, -0.15) is 0 Å². The van der Waals surface area contributed by atoms with E-state index < -0.39 is 0 Å². The second kappa shape index (κ2) is 55.0. The summed E-state index contributed by atoms with van der Waals surface area (Å²) >= 11 is 0. The Morgan fingerprint density at radius 3 is 0.967 bits per heavy atom. The van der Waals surface area contributed by atoms with Crippen LogP contribution in [0.3, 0.4) is 0 Å². The predicted molar refractivity (Wildman–Crippen MR) is 275 cm³/mol. The van der Waals surface area contributed by atoms with Gasteiger partial charge < -0.3 is 10.1 Å². The van der Waals surface area contributed by atoms with Gasteiger partial charge in [0.05, 0.1) is 0 Å². The second-order valence-corrected chi connectivity index (χ2v) is 19.4. The average Bonchev–Trinajstić information content (AvgIpc) is 3.27. The summed E-state index contributed by atoms with van der Waals surface area (Å²) in [6, 6.07) is 0.310. The van der Waals surface area contributed by atoms with Gasteiger partial charge in [-0.3, -0.25) is 4.79 Å². The van der Waals surface area contributed by atoms with Crippen LogP contribution in [-0.4, -0.2) is 25.2 Å². The van der Waals surface area contributed by atoms with Crippen LogP contribution in [0.25, 0.3) is 0 Å². The molecule has 0 radical (unpaired) electrons. The van der Waals surface area contributed by atoms with E-state index in [0.29, 0.717) is 19.1 Å². The van der Waals surface area contributed by atoms with Crippen LogP contribution in [0.2, 0.25) is 0 Å². The quantitative estimate of drug-likeness (QED) is 0.0376. The van der Waals surface area contributed by atoms with Gasteiger partial charge >= 0.3 is 5.97 Å². The van der Waals surface area contributed by atoms with Crippen LogP contribution in [-0.2, 0) is 9.53 Å². The van der Waals surface area contributed by atoms with Crippen LogP contribution in [0.15, 0.2) is 24.3 Å². The molecule has 0 aromatic heterocycles. The summed E-state index contributed by atoms with van der Waals surface area (Å²) in [7, 11) is 0. The lowest BCUT2D eigenvalue weighted by atomic mass is 10.0. The Morgan fingerprint density at radius 2 is 0.639 bits per heavy atom. The smallest absolute Gasteiger partial charge is 0.305 e. The summed E-state index contributed by atoms with van der Waals surface area (Å²) in [6.45, 7) is 8.44. The van der Waals surface area contributed by atoms with Gasteiger partial charge in [0.2, 0.25) is 0 Å². The first-order valence-electron chi connectivity index (χ1n) is 28.4. The highest BCUT2D eigenvalue weighted by Gasteiger charge is 2.11. The summed E-state index contributed by atoms with van der Waals surface area (Å²) < 4.78 is 5.74. The highest BCUT2D eigenvalue weighted by atomic mass is 16.5. The summed E-state index contributed by atoms with van der Waals surface area (Å²) in [4.78, 5) is 12.5. The van der Waals surface area contributed by atoms with Gasteiger partial charge in [-0.15, -0.1) is 0 Å². The van der Waals surface area contributed by atoms with E-state index in [9.17, 15) is 4.79 Å². The summed E-state index contributed by atoms with van der Waals surface area (Å²) in [5.41, 5.74) is 0. The molecule has 1 unspecified atom stereocenters. The molecule has 0 aliphatic rings. The fourth-order valence-corrected chi connectivity index (χ4v) is 8.81. The molecule has 3 heteroatoms. The molecule has 0 aromatic rings. The second-order valence-electron chi connectivity index (χ2n) is 19.4. The maximum atomic E-state index is 12.5. The van der Waals surface area contributed by atoms with Gasteiger partial charge in [-0.05, 0) is 77.2 Å². The van der Waals surface area contributed by atoms with Crippen LogP contribution in [0.1, 0.15) is 323 Å². The molecule has 0 aromatic carbocycles. The van der Waals surface area contributed by atoms with E-state index in [-0.39, 0.29) is 5.97 Å². The molecule has 61 heavy (non-hydrogen) atoms. The van der Waals surface area contributed by atoms with Gasteiger partial charge in [0.25, 0.3) is 0 Å². The lowest BCUT2D eigenvalue weighted by molar-refractivity contribution is -0.144. The zero-order valence-corrected chi connectivity index (χ0v) is 42.4. The summed E-state index contributed by atoms with van der Waals surface area (Å²) in [5, 5.41) is 3.72. The van der Waals surface area contributed by atoms with E-state index >= 15 is 0 Å². The van der Waals surface area contributed by atoms with Crippen molar-refractivity contribution >= 4 is 5.97 Å². The third kappa shape index (κ3) is 53.2. The number of ether oxygens (including phenoxy) is 1. The van der Waals surface area contributed by atoms with Crippen molar-refractivity contribution in [2.24, 2.45) is 0 Å². The molecule has 0 bridgehead atoms. The molecule has 362 valence electrons. The van der Waals surface area contributed by atoms with Gasteiger partial charge in [-0.1, -0.05) is 270 Å². The van der Waals surface area contributed by atoms with Gasteiger partial charge in [0.15, 0.2) is 0 Å². The van der Waals surface area contributed by atoms with Crippen LogP contribution >= 0.6 is 0 Å². The number of unbranched alkanes of at least 4 members (excludes halogenated alkanes) is 40. The first kappa shape index (κ1) is 59.9. The van der Waals surface area contributed by atoms with Crippen molar-refractivity contribution < 1.29 is 9.53 Å². The Kier molecular flexibility index (Phi) is 54.1. The maximum Gasteiger partial charge on any atom is 0.305 e. The number of carbonyl (C=O) groups is 1. The van der Waals surface area contributed by atoms with Crippen molar-refractivity contribution in [3.63, 3.8) is 0 Å². The molecule has 1 N–H and O–H groups in total. The Balaban J connectivity index is 3.53. The molecule has 0 saturated carbocycles. The molecule has 0 rings (SSSR count). The van der Waals surface area contributed by atoms with Crippen molar-refractivity contribution in [1.82, 2.24) is 5.32 Å². The van der Waals surface area contributed by atoms with Crippen LogP contribution in [0.4, 0.5) is 0 Å². The van der Waals surface area contributed by atoms with Crippen LogP contribution in [0, 0.1) is 0 Å². The molecule has 0 aliphatic carbocycles. The number of allylic oxidation sites excluding steroid dienone is 4.